The molecule has 0 heterocycles. The minimum Gasteiger partial charge on any atom is -0.255 e. The Morgan fingerprint density at radius 1 is 1.80 bits per heavy atom. The van der Waals surface area contributed by atoms with Crippen LogP contribution >= 0.6 is 15.9 Å². The van der Waals surface area contributed by atoms with Crippen LogP contribution in [0, 0.1) is 5.41 Å². The van der Waals surface area contributed by atoms with Crippen molar-refractivity contribution in [2.75, 3.05) is 11.0 Å². The highest BCUT2D eigenvalue weighted by Crippen LogP contribution is 2.34. The lowest BCUT2D eigenvalue weighted by atomic mass is 9.86. The van der Waals surface area contributed by atoms with E-state index in [4.69, 9.17) is 2.67 Å². The van der Waals surface area contributed by atoms with Crippen LogP contribution in [0.25, 0.3) is 0 Å². The third kappa shape index (κ3) is 5.35. The Labute approximate surface area is 109 Å². The van der Waals surface area contributed by atoms with E-state index in [0.717, 1.165) is 24.2 Å². The van der Waals surface area contributed by atoms with Crippen molar-refractivity contribution in [2.45, 2.75) is 40.0 Å². The first-order valence-corrected chi connectivity index (χ1v) is 7.78. The highest BCUT2D eigenvalue weighted by Gasteiger charge is 2.25. The van der Waals surface area contributed by atoms with Crippen LogP contribution in [0.2, 0.25) is 0 Å². The van der Waals surface area contributed by atoms with Crippen molar-refractivity contribution in [3.8, 4) is 0 Å². The molecule has 0 rings (SSSR count). The lowest BCUT2D eigenvalue weighted by Gasteiger charge is -2.27. The standard InChI is InChI=1S/C11H22BBrOS/c1-4-5-7-11(2,3)10(6-8-13)15(14)9-12/h6H,4-5,7-9,12H2,1-3H3/i12TD. The highest BCUT2D eigenvalue weighted by atomic mass is 79.9. The Morgan fingerprint density at radius 2 is 2.47 bits per heavy atom. The lowest BCUT2D eigenvalue weighted by Crippen LogP contribution is -2.20. The number of unbranched alkanes of at least 4 members (excludes halogenated alkanes) is 1. The third-order valence-corrected chi connectivity index (χ3v) is 4.32. The highest BCUT2D eigenvalue weighted by molar-refractivity contribution is 9.09. The van der Waals surface area contributed by atoms with E-state index in [2.05, 4.69) is 36.7 Å². The van der Waals surface area contributed by atoms with E-state index in [0.29, 0.717) is 5.33 Å². The van der Waals surface area contributed by atoms with Crippen molar-refractivity contribution in [1.82, 2.24) is 0 Å². The van der Waals surface area contributed by atoms with Crippen LogP contribution in [0.1, 0.15) is 40.0 Å². The van der Waals surface area contributed by atoms with Gasteiger partial charge in [0.1, 0.15) is 7.77 Å². The van der Waals surface area contributed by atoms with Gasteiger partial charge >= 0.3 is 0 Å². The van der Waals surface area contributed by atoms with Crippen LogP contribution in [-0.2, 0) is 10.8 Å². The van der Waals surface area contributed by atoms with Crippen LogP contribution in [0.5, 0.6) is 0 Å². The maximum absolute atomic E-state index is 12.1. The Morgan fingerprint density at radius 3 is 2.93 bits per heavy atom. The summed E-state index contributed by atoms with van der Waals surface area (Å²) in [4.78, 5) is 0.882. The summed E-state index contributed by atoms with van der Waals surface area (Å²) in [6, 6.07) is 0. The summed E-state index contributed by atoms with van der Waals surface area (Å²) in [6.45, 7) is 6.33. The molecule has 0 aromatic heterocycles. The fourth-order valence-corrected chi connectivity index (χ4v) is 3.28. The molecule has 0 fully saturated rings. The molecule has 0 aromatic rings. The van der Waals surface area contributed by atoms with Gasteiger partial charge < -0.3 is 0 Å². The Balaban J connectivity index is 4.84. The van der Waals surface area contributed by atoms with Crippen molar-refractivity contribution in [2.24, 2.45) is 5.41 Å². The van der Waals surface area contributed by atoms with Gasteiger partial charge in [-0.15, -0.1) is 0 Å². The first-order chi connectivity index (χ1) is 7.85. The molecule has 0 bridgehead atoms. The van der Waals surface area contributed by atoms with Crippen LogP contribution in [0.4, 0.5) is 0 Å². The largest absolute Gasteiger partial charge is 0.255 e. The average Bonchev–Trinajstić information content (AvgIpc) is 2.21. The molecule has 0 radical (unpaired) electrons. The molecule has 1 nitrogen and oxygen atoms in total. The van der Waals surface area contributed by atoms with Gasteiger partial charge in [-0.25, -0.2) is 0 Å². The second-order valence-corrected chi connectivity index (χ2v) is 6.33. The molecule has 0 saturated carbocycles. The molecule has 0 amide bonds. The zero-order valence-electron chi connectivity index (χ0n) is 11.9. The normalized spacial score (nSPS) is 16.9. The van der Waals surface area contributed by atoms with Crippen molar-refractivity contribution >= 4 is 34.5 Å². The number of hydrogen-bond acceptors (Lipinski definition) is 1. The first kappa shape index (κ1) is 11.9. The van der Waals surface area contributed by atoms with Gasteiger partial charge in [-0.3, -0.25) is 4.21 Å². The fourth-order valence-electron chi connectivity index (χ4n) is 1.58. The summed E-state index contributed by atoms with van der Waals surface area (Å²) >= 11 is 3.34. The predicted octanol–water partition coefficient (Wildman–Crippen LogP) is 2.82. The third-order valence-electron chi connectivity index (χ3n) is 2.48. The van der Waals surface area contributed by atoms with E-state index in [-0.39, 0.29) is 11.1 Å². The van der Waals surface area contributed by atoms with Crippen molar-refractivity contribution in [1.29, 1.82) is 2.67 Å². The Hall–Kier alpha value is 0.435. The second kappa shape index (κ2) is 7.67. The van der Waals surface area contributed by atoms with Crippen LogP contribution in [0.3, 0.4) is 0 Å². The van der Waals surface area contributed by atoms with Gasteiger partial charge in [-0.2, -0.15) is 0 Å². The molecule has 1 unspecified atom stereocenters. The average molecular weight is 296 g/mol. The topological polar surface area (TPSA) is 17.1 Å². The molecule has 0 N–H and O–H groups in total. The van der Waals surface area contributed by atoms with Crippen molar-refractivity contribution in [3.05, 3.63) is 11.0 Å². The summed E-state index contributed by atoms with van der Waals surface area (Å²) in [7, 11) is -2.22. The number of hydrogen-bond donors (Lipinski definition) is 0. The molecule has 0 aliphatic rings. The van der Waals surface area contributed by atoms with E-state index in [1.807, 2.05) is 6.08 Å². The molecule has 0 spiro atoms. The van der Waals surface area contributed by atoms with E-state index in [9.17, 15) is 4.21 Å². The summed E-state index contributed by atoms with van der Waals surface area (Å²) in [6.07, 6.45) is 5.16. The molecular formula is C11H22BBrOS. The summed E-state index contributed by atoms with van der Waals surface area (Å²) in [5.41, 5.74) is -0.00206. The first-order valence-electron chi connectivity index (χ1n) is 6.50. The lowest BCUT2D eigenvalue weighted by molar-refractivity contribution is 0.408. The summed E-state index contributed by atoms with van der Waals surface area (Å²) < 4.78 is 26.6. The van der Waals surface area contributed by atoms with Gasteiger partial charge in [0.25, 0.3) is 0 Å². The van der Waals surface area contributed by atoms with E-state index in [1.54, 1.807) is 0 Å². The molecule has 1 atom stereocenters. The van der Waals surface area contributed by atoms with Gasteiger partial charge in [0, 0.05) is 21.0 Å². The number of allylic oxidation sites excluding steroid dienone is 2. The SMILES string of the molecule is [2H]B([3H])CS(=O)C(=CCBr)C(C)(C)CCCC. The van der Waals surface area contributed by atoms with Gasteiger partial charge in [-0.1, -0.05) is 55.6 Å². The van der Waals surface area contributed by atoms with E-state index < -0.39 is 18.6 Å². The van der Waals surface area contributed by atoms with Gasteiger partial charge in [-0.05, 0) is 20.2 Å². The minimum atomic E-state index is -1.20. The van der Waals surface area contributed by atoms with Gasteiger partial charge in [0.2, 0.25) is 0 Å². The van der Waals surface area contributed by atoms with Crippen LogP contribution in [0.15, 0.2) is 11.0 Å². The van der Waals surface area contributed by atoms with Gasteiger partial charge in [0.15, 0.2) is 0 Å². The Bertz CT molecular complexity index is 283. The fraction of sp³-hybridized carbons (Fsp3) is 0.818. The maximum Gasteiger partial charge on any atom is 0.118 e. The number of halogens is 1. The molecule has 0 aliphatic heterocycles. The van der Waals surface area contributed by atoms with Crippen molar-refractivity contribution < 1.29 is 4.21 Å². The van der Waals surface area contributed by atoms with Gasteiger partial charge in [0.05, 0.1) is 0 Å². The van der Waals surface area contributed by atoms with Crippen molar-refractivity contribution in [3.63, 3.8) is 0 Å². The smallest absolute Gasteiger partial charge is 0.118 e. The number of rotatable bonds is 8. The summed E-state index contributed by atoms with van der Waals surface area (Å²) in [5, 5.41) is 0.671. The van der Waals surface area contributed by atoms with Crippen LogP contribution in [-0.4, -0.2) is 25.6 Å². The Kier molecular flexibility index (Phi) is 6.09. The molecule has 0 saturated heterocycles. The zero-order valence-corrected chi connectivity index (χ0v) is 12.3. The quantitative estimate of drug-likeness (QED) is 0.497. The zero-order chi connectivity index (χ0) is 13.5. The molecular weight excluding hydrogens is 271 g/mol. The van der Waals surface area contributed by atoms with E-state index >= 15 is 0 Å². The predicted molar refractivity (Wildman–Crippen MR) is 76.7 cm³/mol. The molecule has 0 aromatic carbocycles. The van der Waals surface area contributed by atoms with Crippen LogP contribution < -0.4 is 0 Å². The second-order valence-electron chi connectivity index (χ2n) is 4.22. The van der Waals surface area contributed by atoms with E-state index in [1.165, 1.54) is 0 Å². The molecule has 4 heteroatoms. The number of alkyl halides is 1. The molecule has 15 heavy (non-hydrogen) atoms. The minimum absolute atomic E-state index is 0.106. The monoisotopic (exact) mass is 295 g/mol. The summed E-state index contributed by atoms with van der Waals surface area (Å²) in [5.74, 6) is 0. The molecule has 0 aliphatic carbocycles. The molecule has 88 valence electrons. The maximum atomic E-state index is 12.1.